The lowest BCUT2D eigenvalue weighted by Gasteiger charge is -2.17. The molecule has 0 aliphatic heterocycles. The summed E-state index contributed by atoms with van der Waals surface area (Å²) in [5.41, 5.74) is 15.2. The molecule has 1 aliphatic rings. The highest BCUT2D eigenvalue weighted by Gasteiger charge is 2.29. The molecule has 3 rings (SSSR count). The molecule has 5 N–H and O–H groups in total. The summed E-state index contributed by atoms with van der Waals surface area (Å²) < 4.78 is 0. The van der Waals surface area contributed by atoms with Gasteiger partial charge in [0.15, 0.2) is 5.78 Å². The Balaban J connectivity index is 1.93. The van der Waals surface area contributed by atoms with E-state index in [-0.39, 0.29) is 11.6 Å². The lowest BCUT2D eigenvalue weighted by Crippen LogP contribution is -2.16. The number of hydrogen-bond acceptors (Lipinski definition) is 3. The molecule has 0 radical (unpaired) electrons. The summed E-state index contributed by atoms with van der Waals surface area (Å²) in [6.45, 7) is 4.14. The van der Waals surface area contributed by atoms with E-state index in [9.17, 15) is 9.59 Å². The molecular weight excluding hydrogens is 350 g/mol. The smallest absolute Gasteiger partial charge is 0.248 e. The number of rotatable bonds is 4. The number of amides is 1. The standard InChI is InChI=1S/C23H23N3O2/c1-14-3-2-4-19(13-15-5-7-17(8-6-15)22(24)25)21(27)20(14)16-9-11-18(12-10-16)23(26)28/h5-13,20H,1-4H2,(H3,24,25)(H2,26,28)/b19-13+. The van der Waals surface area contributed by atoms with E-state index in [2.05, 4.69) is 6.58 Å². The van der Waals surface area contributed by atoms with Gasteiger partial charge < -0.3 is 11.5 Å². The molecule has 1 atom stereocenters. The van der Waals surface area contributed by atoms with Crippen LogP contribution >= 0.6 is 0 Å². The average Bonchev–Trinajstić information content (AvgIpc) is 2.81. The van der Waals surface area contributed by atoms with E-state index in [0.717, 1.165) is 35.1 Å². The molecule has 1 aliphatic carbocycles. The number of amidine groups is 1. The average molecular weight is 373 g/mol. The molecule has 0 saturated heterocycles. The van der Waals surface area contributed by atoms with Crippen molar-refractivity contribution in [2.45, 2.75) is 25.2 Å². The second kappa shape index (κ2) is 8.05. The van der Waals surface area contributed by atoms with Gasteiger partial charge in [-0.1, -0.05) is 48.6 Å². The van der Waals surface area contributed by atoms with Gasteiger partial charge in [-0.3, -0.25) is 15.0 Å². The van der Waals surface area contributed by atoms with Crippen molar-refractivity contribution in [2.24, 2.45) is 11.5 Å². The first-order valence-electron chi connectivity index (χ1n) is 9.13. The Morgan fingerprint density at radius 3 is 2.18 bits per heavy atom. The Labute approximate surface area is 164 Å². The van der Waals surface area contributed by atoms with E-state index in [0.29, 0.717) is 17.5 Å². The van der Waals surface area contributed by atoms with Crippen LogP contribution in [-0.2, 0) is 4.79 Å². The van der Waals surface area contributed by atoms with Crippen molar-refractivity contribution in [3.8, 4) is 0 Å². The second-order valence-electron chi connectivity index (χ2n) is 7.00. The molecule has 1 saturated carbocycles. The number of nitrogen functional groups attached to an aromatic ring is 1. The van der Waals surface area contributed by atoms with Gasteiger partial charge in [-0.05, 0) is 54.2 Å². The van der Waals surface area contributed by atoms with E-state index in [1.807, 2.05) is 18.2 Å². The molecule has 5 heteroatoms. The number of carbonyl (C=O) groups excluding carboxylic acids is 2. The monoisotopic (exact) mass is 373 g/mol. The molecule has 28 heavy (non-hydrogen) atoms. The fraction of sp³-hybridized carbons (Fsp3) is 0.174. The fourth-order valence-corrected chi connectivity index (χ4v) is 3.47. The topological polar surface area (TPSA) is 110 Å². The van der Waals surface area contributed by atoms with E-state index in [1.165, 1.54) is 0 Å². The number of nitrogens with one attached hydrogen (secondary N) is 1. The van der Waals surface area contributed by atoms with E-state index < -0.39 is 11.8 Å². The Morgan fingerprint density at radius 1 is 1.00 bits per heavy atom. The fourth-order valence-electron chi connectivity index (χ4n) is 3.47. The molecule has 142 valence electrons. The molecule has 0 heterocycles. The molecule has 5 nitrogen and oxygen atoms in total. The maximum Gasteiger partial charge on any atom is 0.248 e. The maximum absolute atomic E-state index is 13.3. The van der Waals surface area contributed by atoms with Crippen LogP contribution in [-0.4, -0.2) is 17.5 Å². The highest BCUT2D eigenvalue weighted by atomic mass is 16.1. The van der Waals surface area contributed by atoms with Crippen molar-refractivity contribution in [1.29, 1.82) is 5.41 Å². The zero-order chi connectivity index (χ0) is 20.3. The summed E-state index contributed by atoms with van der Waals surface area (Å²) in [6.07, 6.45) is 4.21. The molecule has 1 unspecified atom stereocenters. The first-order valence-corrected chi connectivity index (χ1v) is 9.13. The van der Waals surface area contributed by atoms with Crippen LogP contribution in [0.4, 0.5) is 0 Å². The van der Waals surface area contributed by atoms with Gasteiger partial charge in [0, 0.05) is 11.1 Å². The third-order valence-electron chi connectivity index (χ3n) is 5.02. The zero-order valence-corrected chi connectivity index (χ0v) is 15.6. The highest BCUT2D eigenvalue weighted by Crippen LogP contribution is 2.35. The lowest BCUT2D eigenvalue weighted by molar-refractivity contribution is -0.116. The number of allylic oxidation sites excluding steroid dienone is 2. The first-order chi connectivity index (χ1) is 13.4. The van der Waals surface area contributed by atoms with Crippen LogP contribution in [0.15, 0.2) is 66.3 Å². The third kappa shape index (κ3) is 4.09. The van der Waals surface area contributed by atoms with Crippen molar-refractivity contribution < 1.29 is 9.59 Å². The van der Waals surface area contributed by atoms with Crippen LogP contribution in [0.5, 0.6) is 0 Å². The number of Topliss-reactive ketones (excluding diaryl/α,β-unsaturated/α-hetero) is 1. The van der Waals surface area contributed by atoms with Gasteiger partial charge in [0.2, 0.25) is 5.91 Å². The summed E-state index contributed by atoms with van der Waals surface area (Å²) in [5.74, 6) is -0.871. The minimum Gasteiger partial charge on any atom is -0.384 e. The van der Waals surface area contributed by atoms with Gasteiger partial charge >= 0.3 is 0 Å². The van der Waals surface area contributed by atoms with Crippen molar-refractivity contribution in [2.75, 3.05) is 0 Å². The number of benzene rings is 2. The molecule has 1 amide bonds. The van der Waals surface area contributed by atoms with Crippen molar-refractivity contribution in [3.05, 3.63) is 88.5 Å². The van der Waals surface area contributed by atoms with Crippen molar-refractivity contribution in [1.82, 2.24) is 0 Å². The maximum atomic E-state index is 13.3. The van der Waals surface area contributed by atoms with Crippen LogP contribution in [0.3, 0.4) is 0 Å². The number of hydrogen-bond donors (Lipinski definition) is 3. The summed E-state index contributed by atoms with van der Waals surface area (Å²) in [4.78, 5) is 24.6. The molecule has 0 aromatic heterocycles. The summed E-state index contributed by atoms with van der Waals surface area (Å²) in [5, 5.41) is 7.47. The van der Waals surface area contributed by atoms with E-state index in [4.69, 9.17) is 16.9 Å². The van der Waals surface area contributed by atoms with Crippen molar-refractivity contribution >= 4 is 23.6 Å². The van der Waals surface area contributed by atoms with Crippen LogP contribution < -0.4 is 11.5 Å². The van der Waals surface area contributed by atoms with Crippen LogP contribution in [0.1, 0.15) is 52.2 Å². The Bertz CT molecular complexity index is 970. The first kappa shape index (κ1) is 19.3. The van der Waals surface area contributed by atoms with Crippen molar-refractivity contribution in [3.63, 3.8) is 0 Å². The van der Waals surface area contributed by atoms with Crippen LogP contribution in [0.2, 0.25) is 0 Å². The van der Waals surface area contributed by atoms with Gasteiger partial charge in [-0.25, -0.2) is 0 Å². The van der Waals surface area contributed by atoms with Gasteiger partial charge in [0.25, 0.3) is 0 Å². The van der Waals surface area contributed by atoms with E-state index >= 15 is 0 Å². The molecular formula is C23H23N3O2. The minimum atomic E-state index is -0.493. The van der Waals surface area contributed by atoms with E-state index in [1.54, 1.807) is 36.4 Å². The predicted molar refractivity (Wildman–Crippen MR) is 111 cm³/mol. The number of ketones is 1. The number of primary amides is 1. The molecule has 0 bridgehead atoms. The predicted octanol–water partition coefficient (Wildman–Crippen LogP) is 3.55. The zero-order valence-electron chi connectivity index (χ0n) is 15.6. The summed E-state index contributed by atoms with van der Waals surface area (Å²) >= 11 is 0. The SMILES string of the molecule is C=C1CCC/C(=C\c2ccc(C(=N)N)cc2)C(=O)C1c1ccc(C(N)=O)cc1. The minimum absolute atomic E-state index is 0.0144. The Kier molecular flexibility index (Phi) is 5.54. The second-order valence-corrected chi connectivity index (χ2v) is 7.00. The van der Waals surface area contributed by atoms with Gasteiger partial charge in [0.1, 0.15) is 5.84 Å². The third-order valence-corrected chi connectivity index (χ3v) is 5.02. The Morgan fingerprint density at radius 2 is 1.61 bits per heavy atom. The van der Waals surface area contributed by atoms with Gasteiger partial charge in [0.05, 0.1) is 5.92 Å². The normalized spacial score (nSPS) is 18.7. The molecule has 0 spiro atoms. The molecule has 2 aromatic carbocycles. The molecule has 2 aromatic rings. The highest BCUT2D eigenvalue weighted by molar-refractivity contribution is 6.06. The van der Waals surface area contributed by atoms with Gasteiger partial charge in [-0.2, -0.15) is 0 Å². The molecule has 1 fully saturated rings. The number of nitrogens with two attached hydrogens (primary N) is 2. The van der Waals surface area contributed by atoms with Gasteiger partial charge in [-0.15, -0.1) is 0 Å². The Hall–Kier alpha value is -3.47. The number of carbonyl (C=O) groups is 2. The lowest BCUT2D eigenvalue weighted by atomic mass is 9.85. The largest absolute Gasteiger partial charge is 0.384 e. The quantitative estimate of drug-likeness (QED) is 0.251. The van der Waals surface area contributed by atoms with Crippen LogP contribution in [0.25, 0.3) is 6.08 Å². The van der Waals surface area contributed by atoms with Crippen LogP contribution in [0, 0.1) is 5.41 Å². The summed E-state index contributed by atoms with van der Waals surface area (Å²) in [7, 11) is 0. The summed E-state index contributed by atoms with van der Waals surface area (Å²) in [6, 6.07) is 14.1.